The first kappa shape index (κ1) is 12.7. The van der Waals surface area contributed by atoms with E-state index in [2.05, 4.69) is 0 Å². The Morgan fingerprint density at radius 2 is 1.94 bits per heavy atom. The molecule has 0 aliphatic carbocycles. The largest absolute Gasteiger partial charge is 0.316 e. The second-order valence-corrected chi connectivity index (χ2v) is 5.27. The van der Waals surface area contributed by atoms with Gasteiger partial charge in [-0.05, 0) is 12.5 Å². The predicted octanol–water partition coefficient (Wildman–Crippen LogP) is 0.152. The third kappa shape index (κ3) is 3.32. The fraction of sp³-hybridized carbons (Fsp3) is 0.300. The Balaban J connectivity index is 2.77. The van der Waals surface area contributed by atoms with Crippen molar-refractivity contribution in [2.24, 2.45) is 5.73 Å². The summed E-state index contributed by atoms with van der Waals surface area (Å²) in [7, 11) is -3.55. The summed E-state index contributed by atoms with van der Waals surface area (Å²) in [4.78, 5) is 11.5. The number of carbonyl (C=O) groups excluding carboxylic acids is 1. The average Bonchev–Trinajstić information content (AvgIpc) is 2.28. The highest BCUT2D eigenvalue weighted by molar-refractivity contribution is 7.90. The van der Waals surface area contributed by atoms with Gasteiger partial charge < -0.3 is 5.73 Å². The van der Waals surface area contributed by atoms with Gasteiger partial charge in [0, 0.05) is 0 Å². The first-order chi connectivity index (χ1) is 7.46. The third-order valence-corrected chi connectivity index (χ3v) is 3.35. The molecule has 1 aromatic carbocycles. The number of rotatable bonds is 4. The maximum atomic E-state index is 11.5. The molecular formula is C10H14N2O3S. The van der Waals surface area contributed by atoms with Crippen LogP contribution in [0.3, 0.4) is 0 Å². The van der Waals surface area contributed by atoms with E-state index in [9.17, 15) is 13.2 Å². The normalized spacial score (nSPS) is 13.1. The molecular weight excluding hydrogens is 228 g/mol. The van der Waals surface area contributed by atoms with E-state index in [-0.39, 0.29) is 5.75 Å². The zero-order valence-electron chi connectivity index (χ0n) is 8.88. The van der Waals surface area contributed by atoms with Gasteiger partial charge in [-0.2, -0.15) is 0 Å². The Kier molecular flexibility index (Phi) is 4.03. The molecule has 0 bridgehead atoms. The van der Waals surface area contributed by atoms with E-state index in [0.717, 1.165) is 0 Å². The monoisotopic (exact) mass is 242 g/mol. The maximum absolute atomic E-state index is 11.5. The van der Waals surface area contributed by atoms with Gasteiger partial charge in [0.25, 0.3) is 5.91 Å². The van der Waals surface area contributed by atoms with Crippen molar-refractivity contribution in [3.05, 3.63) is 35.9 Å². The molecule has 16 heavy (non-hydrogen) atoms. The van der Waals surface area contributed by atoms with Crippen LogP contribution in [0.25, 0.3) is 0 Å². The van der Waals surface area contributed by atoms with Gasteiger partial charge in [0.1, 0.15) is 6.04 Å². The molecule has 1 atom stereocenters. The third-order valence-electron chi connectivity index (χ3n) is 2.08. The summed E-state index contributed by atoms with van der Waals surface area (Å²) < 4.78 is 24.2. The van der Waals surface area contributed by atoms with Crippen molar-refractivity contribution < 1.29 is 13.2 Å². The van der Waals surface area contributed by atoms with Crippen LogP contribution >= 0.6 is 0 Å². The van der Waals surface area contributed by atoms with Crippen LogP contribution in [0, 0.1) is 0 Å². The van der Waals surface area contributed by atoms with Gasteiger partial charge >= 0.3 is 0 Å². The number of nitrogens with two attached hydrogens (primary N) is 1. The summed E-state index contributed by atoms with van der Waals surface area (Å²) >= 11 is 0. The van der Waals surface area contributed by atoms with Gasteiger partial charge in [-0.3, -0.25) is 9.52 Å². The molecule has 0 saturated heterocycles. The van der Waals surface area contributed by atoms with Gasteiger partial charge in [0.15, 0.2) is 0 Å². The molecule has 0 aliphatic rings. The zero-order chi connectivity index (χ0) is 12.2. The number of hydrogen-bond acceptors (Lipinski definition) is 4. The minimum absolute atomic E-state index is 0.153. The van der Waals surface area contributed by atoms with Crippen LogP contribution in [-0.2, 0) is 14.8 Å². The molecule has 0 saturated carbocycles. The predicted molar refractivity (Wildman–Crippen MR) is 61.0 cm³/mol. The lowest BCUT2D eigenvalue weighted by Gasteiger charge is -2.11. The lowest BCUT2D eigenvalue weighted by Crippen LogP contribution is -2.38. The molecule has 0 spiro atoms. The maximum Gasteiger partial charge on any atom is 0.254 e. The van der Waals surface area contributed by atoms with Gasteiger partial charge in [0.05, 0.1) is 5.75 Å². The Morgan fingerprint density at radius 1 is 1.38 bits per heavy atom. The number of amides is 1. The minimum Gasteiger partial charge on any atom is -0.316 e. The van der Waals surface area contributed by atoms with E-state index in [1.54, 1.807) is 30.3 Å². The fourth-order valence-electron chi connectivity index (χ4n) is 1.10. The summed E-state index contributed by atoms with van der Waals surface area (Å²) in [6.07, 6.45) is 0. The first-order valence-corrected chi connectivity index (χ1v) is 6.46. The minimum atomic E-state index is -3.55. The molecule has 0 aliphatic heterocycles. The molecule has 0 unspecified atom stereocenters. The van der Waals surface area contributed by atoms with Crippen LogP contribution in [0.5, 0.6) is 0 Å². The summed E-state index contributed by atoms with van der Waals surface area (Å²) in [5.74, 6) is -0.867. The summed E-state index contributed by atoms with van der Waals surface area (Å²) in [5.41, 5.74) is 6.20. The smallest absolute Gasteiger partial charge is 0.254 e. The fourth-order valence-corrected chi connectivity index (χ4v) is 1.68. The number of sulfonamides is 1. The van der Waals surface area contributed by atoms with E-state index in [1.807, 2.05) is 4.72 Å². The first-order valence-electron chi connectivity index (χ1n) is 4.81. The lowest BCUT2D eigenvalue weighted by molar-refractivity contribution is -0.120. The van der Waals surface area contributed by atoms with E-state index < -0.39 is 22.0 Å². The molecule has 1 aromatic rings. The van der Waals surface area contributed by atoms with E-state index in [1.165, 1.54) is 6.92 Å². The topological polar surface area (TPSA) is 89.3 Å². The molecule has 0 radical (unpaired) electrons. The van der Waals surface area contributed by atoms with Crippen LogP contribution < -0.4 is 10.5 Å². The quantitative estimate of drug-likeness (QED) is 0.786. The van der Waals surface area contributed by atoms with Crippen molar-refractivity contribution in [2.75, 3.05) is 5.75 Å². The van der Waals surface area contributed by atoms with Gasteiger partial charge in [-0.15, -0.1) is 0 Å². The van der Waals surface area contributed by atoms with Crippen molar-refractivity contribution in [3.8, 4) is 0 Å². The van der Waals surface area contributed by atoms with Crippen molar-refractivity contribution >= 4 is 15.9 Å². The van der Waals surface area contributed by atoms with Gasteiger partial charge in [-0.1, -0.05) is 30.3 Å². The highest BCUT2D eigenvalue weighted by Gasteiger charge is 2.19. The molecule has 1 rings (SSSR count). The lowest BCUT2D eigenvalue weighted by atomic mass is 10.1. The van der Waals surface area contributed by atoms with Crippen molar-refractivity contribution in [3.63, 3.8) is 0 Å². The number of benzene rings is 1. The summed E-state index contributed by atoms with van der Waals surface area (Å²) in [6, 6.07) is 7.62. The van der Waals surface area contributed by atoms with Gasteiger partial charge in [0.2, 0.25) is 10.0 Å². The molecule has 0 aromatic heterocycles. The van der Waals surface area contributed by atoms with E-state index in [4.69, 9.17) is 5.73 Å². The summed E-state index contributed by atoms with van der Waals surface area (Å²) in [5, 5.41) is 0. The highest BCUT2D eigenvalue weighted by atomic mass is 32.2. The zero-order valence-corrected chi connectivity index (χ0v) is 9.70. The molecule has 0 fully saturated rings. The van der Waals surface area contributed by atoms with Crippen molar-refractivity contribution in [2.45, 2.75) is 13.0 Å². The van der Waals surface area contributed by atoms with Crippen molar-refractivity contribution in [1.29, 1.82) is 0 Å². The molecule has 1 amide bonds. The molecule has 88 valence electrons. The molecule has 6 heteroatoms. The van der Waals surface area contributed by atoms with Crippen LogP contribution in [0.4, 0.5) is 0 Å². The second kappa shape index (κ2) is 5.09. The molecule has 5 nitrogen and oxygen atoms in total. The highest BCUT2D eigenvalue weighted by Crippen LogP contribution is 2.09. The van der Waals surface area contributed by atoms with Crippen LogP contribution in [-0.4, -0.2) is 20.1 Å². The Morgan fingerprint density at radius 3 is 2.44 bits per heavy atom. The SMILES string of the molecule is CCS(=O)(=O)NC(=O)[C@@H](N)c1ccccc1. The molecule has 3 N–H and O–H groups in total. The van der Waals surface area contributed by atoms with Gasteiger partial charge in [-0.25, -0.2) is 8.42 Å². The van der Waals surface area contributed by atoms with Crippen LogP contribution in [0.1, 0.15) is 18.5 Å². The number of nitrogens with one attached hydrogen (secondary N) is 1. The Hall–Kier alpha value is -1.40. The van der Waals surface area contributed by atoms with Crippen LogP contribution in [0.2, 0.25) is 0 Å². The number of carbonyl (C=O) groups is 1. The number of hydrogen-bond donors (Lipinski definition) is 2. The van der Waals surface area contributed by atoms with E-state index >= 15 is 0 Å². The summed E-state index contributed by atoms with van der Waals surface area (Å²) in [6.45, 7) is 1.45. The van der Waals surface area contributed by atoms with Crippen molar-refractivity contribution in [1.82, 2.24) is 4.72 Å². The standard InChI is InChI=1S/C10H14N2O3S/c1-2-16(14,15)12-10(13)9(11)8-6-4-3-5-7-8/h3-7,9H,2,11H2,1H3,(H,12,13)/t9-/m0/s1. The Bertz CT molecular complexity index is 456. The molecule has 0 heterocycles. The van der Waals surface area contributed by atoms with Crippen LogP contribution in [0.15, 0.2) is 30.3 Å². The van der Waals surface area contributed by atoms with E-state index in [0.29, 0.717) is 5.56 Å². The second-order valence-electron chi connectivity index (χ2n) is 3.26. The Labute approximate surface area is 94.7 Å². The average molecular weight is 242 g/mol.